The van der Waals surface area contributed by atoms with Crippen LogP contribution in [0.4, 0.5) is 13.2 Å². The fraction of sp³-hybridized carbons (Fsp3) is 0.471. The highest BCUT2D eigenvalue weighted by atomic mass is 19.4. The molecule has 0 amide bonds. The highest BCUT2D eigenvalue weighted by molar-refractivity contribution is 5.73. The number of pyridine rings is 1. The van der Waals surface area contributed by atoms with Crippen molar-refractivity contribution in [1.29, 1.82) is 0 Å². The van der Waals surface area contributed by atoms with Crippen LogP contribution in [-0.4, -0.2) is 50.6 Å². The quantitative estimate of drug-likeness (QED) is 0.873. The molecule has 7 nitrogen and oxygen atoms in total. The lowest BCUT2D eigenvalue weighted by Gasteiger charge is -2.19. The maximum absolute atomic E-state index is 10.6. The van der Waals surface area contributed by atoms with Gasteiger partial charge in [0.2, 0.25) is 5.88 Å². The molecule has 0 unspecified atom stereocenters. The van der Waals surface area contributed by atoms with E-state index in [-0.39, 0.29) is 0 Å². The van der Waals surface area contributed by atoms with Gasteiger partial charge in [-0.15, -0.1) is 5.10 Å². The smallest absolute Gasteiger partial charge is 0.480 e. The Morgan fingerprint density at radius 2 is 2.07 bits per heavy atom. The summed E-state index contributed by atoms with van der Waals surface area (Å²) in [5, 5.41) is 11.6. The molecule has 0 aromatic carbocycles. The molecule has 1 aliphatic heterocycles. The van der Waals surface area contributed by atoms with E-state index in [1.54, 1.807) is 7.11 Å². The van der Waals surface area contributed by atoms with E-state index in [1.165, 1.54) is 11.3 Å². The van der Waals surface area contributed by atoms with E-state index < -0.39 is 12.1 Å². The first-order valence-corrected chi connectivity index (χ1v) is 8.23. The van der Waals surface area contributed by atoms with Crippen LogP contribution in [0.2, 0.25) is 0 Å². The maximum Gasteiger partial charge on any atom is 0.490 e. The lowest BCUT2D eigenvalue weighted by Crippen LogP contribution is -2.24. The molecule has 27 heavy (non-hydrogen) atoms. The highest BCUT2D eigenvalue weighted by Gasteiger charge is 2.38. The number of methoxy groups -OCH3 is 1. The maximum atomic E-state index is 10.6. The van der Waals surface area contributed by atoms with Crippen LogP contribution in [0.1, 0.15) is 23.4 Å². The first kappa shape index (κ1) is 20.7. The number of carbonyl (C=O) groups is 1. The fourth-order valence-corrected chi connectivity index (χ4v) is 2.81. The number of carboxylic acid groups (broad SMARTS) is 1. The number of aryl methyl sites for hydroxylation is 1. The van der Waals surface area contributed by atoms with Crippen molar-refractivity contribution in [2.75, 3.05) is 13.7 Å². The van der Waals surface area contributed by atoms with Crippen molar-refractivity contribution in [1.82, 2.24) is 19.7 Å². The van der Waals surface area contributed by atoms with E-state index in [9.17, 15) is 13.2 Å². The average molecular weight is 386 g/mol. The zero-order valence-corrected chi connectivity index (χ0v) is 15.0. The number of alkyl halides is 3. The highest BCUT2D eigenvalue weighted by Crippen LogP contribution is 2.27. The van der Waals surface area contributed by atoms with E-state index in [0.29, 0.717) is 0 Å². The van der Waals surface area contributed by atoms with E-state index in [2.05, 4.69) is 21.0 Å². The minimum Gasteiger partial charge on any atom is -0.480 e. The standard InChI is InChI=1S/C15H20N4O.C2HF3O2/c1-18-14-11-19(10-12-6-3-4-8-16-12)9-5-7-13(14)15(17-18)20-2;3-2(4,5)1(6)7/h3-4,6,8H,5,7,9-11H2,1-2H3;(H,6,7). The molecule has 0 fully saturated rings. The molecule has 1 aliphatic rings. The monoisotopic (exact) mass is 386 g/mol. The predicted molar refractivity (Wildman–Crippen MR) is 90.1 cm³/mol. The molecule has 10 heteroatoms. The Kier molecular flexibility index (Phi) is 6.78. The third kappa shape index (κ3) is 5.68. The fourth-order valence-electron chi connectivity index (χ4n) is 2.81. The Bertz CT molecular complexity index is 763. The van der Waals surface area contributed by atoms with Gasteiger partial charge in [-0.25, -0.2) is 4.79 Å². The van der Waals surface area contributed by atoms with Crippen LogP contribution in [0, 0.1) is 0 Å². The molecule has 3 heterocycles. The second-order valence-electron chi connectivity index (χ2n) is 6.00. The number of aromatic nitrogens is 3. The topological polar surface area (TPSA) is 80.5 Å². The summed E-state index contributed by atoms with van der Waals surface area (Å²) in [5.41, 5.74) is 3.64. The van der Waals surface area contributed by atoms with Crippen molar-refractivity contribution < 1.29 is 27.8 Å². The van der Waals surface area contributed by atoms with Gasteiger partial charge in [0.15, 0.2) is 0 Å². The van der Waals surface area contributed by atoms with Crippen LogP contribution in [0.3, 0.4) is 0 Å². The van der Waals surface area contributed by atoms with Crippen molar-refractivity contribution in [3.8, 4) is 5.88 Å². The Morgan fingerprint density at radius 3 is 2.63 bits per heavy atom. The third-order valence-corrected chi connectivity index (χ3v) is 4.06. The second-order valence-corrected chi connectivity index (χ2v) is 6.00. The average Bonchev–Trinajstić information content (AvgIpc) is 2.78. The number of ether oxygens (including phenoxy) is 1. The zero-order valence-electron chi connectivity index (χ0n) is 15.0. The van der Waals surface area contributed by atoms with Crippen molar-refractivity contribution in [2.24, 2.45) is 7.05 Å². The summed E-state index contributed by atoms with van der Waals surface area (Å²) in [5.74, 6) is -1.98. The van der Waals surface area contributed by atoms with Gasteiger partial charge in [0.25, 0.3) is 0 Å². The number of halogens is 3. The van der Waals surface area contributed by atoms with Crippen LogP contribution in [0.15, 0.2) is 24.4 Å². The third-order valence-electron chi connectivity index (χ3n) is 4.06. The van der Waals surface area contributed by atoms with Gasteiger partial charge in [0, 0.05) is 31.9 Å². The van der Waals surface area contributed by atoms with Crippen molar-refractivity contribution >= 4 is 5.97 Å². The van der Waals surface area contributed by atoms with Crippen molar-refractivity contribution in [2.45, 2.75) is 32.1 Å². The van der Waals surface area contributed by atoms with Gasteiger partial charge in [-0.1, -0.05) is 6.07 Å². The van der Waals surface area contributed by atoms with E-state index >= 15 is 0 Å². The van der Waals surface area contributed by atoms with Gasteiger partial charge in [0.1, 0.15) is 0 Å². The Morgan fingerprint density at radius 1 is 1.37 bits per heavy atom. The van der Waals surface area contributed by atoms with Crippen LogP contribution < -0.4 is 4.74 Å². The molecule has 0 atom stereocenters. The summed E-state index contributed by atoms with van der Waals surface area (Å²) in [6.45, 7) is 2.86. The largest absolute Gasteiger partial charge is 0.490 e. The predicted octanol–water partition coefficient (Wildman–Crippen LogP) is 2.41. The SMILES string of the molecule is COc1nn(C)c2c1CCCN(Cc1ccccn1)C2.O=C(O)C(F)(F)F. The molecule has 0 bridgehead atoms. The molecule has 0 saturated heterocycles. The van der Waals surface area contributed by atoms with Gasteiger partial charge in [0.05, 0.1) is 18.5 Å². The van der Waals surface area contributed by atoms with Gasteiger partial charge in [-0.3, -0.25) is 14.6 Å². The molecule has 148 valence electrons. The molecule has 0 saturated carbocycles. The van der Waals surface area contributed by atoms with Crippen molar-refractivity contribution in [3.05, 3.63) is 41.3 Å². The van der Waals surface area contributed by atoms with Crippen LogP contribution >= 0.6 is 0 Å². The second kappa shape index (κ2) is 8.85. The van der Waals surface area contributed by atoms with Gasteiger partial charge in [-0.05, 0) is 31.5 Å². The molecular formula is C17H21F3N4O3. The molecule has 2 aromatic heterocycles. The number of hydrogen-bond acceptors (Lipinski definition) is 5. The molecule has 0 aliphatic carbocycles. The van der Waals surface area contributed by atoms with Crippen molar-refractivity contribution in [3.63, 3.8) is 0 Å². The summed E-state index contributed by atoms with van der Waals surface area (Å²) in [7, 11) is 3.69. The van der Waals surface area contributed by atoms with Gasteiger partial charge >= 0.3 is 12.1 Å². The number of nitrogens with zero attached hydrogens (tertiary/aromatic N) is 4. The van der Waals surface area contributed by atoms with Crippen LogP contribution in [0.5, 0.6) is 5.88 Å². The summed E-state index contributed by atoms with van der Waals surface area (Å²) in [6.07, 6.45) is -1.07. The van der Waals surface area contributed by atoms with E-state index in [0.717, 1.165) is 44.0 Å². The first-order valence-electron chi connectivity index (χ1n) is 8.23. The number of rotatable bonds is 3. The molecule has 3 rings (SSSR count). The Hall–Kier alpha value is -2.62. The minimum atomic E-state index is -5.08. The number of carboxylic acids is 1. The molecule has 0 spiro atoms. The molecular weight excluding hydrogens is 365 g/mol. The summed E-state index contributed by atoms with van der Waals surface area (Å²) in [6, 6.07) is 6.07. The van der Waals surface area contributed by atoms with Crippen LogP contribution in [-0.2, 0) is 31.4 Å². The molecule has 1 N–H and O–H groups in total. The number of aliphatic carboxylic acids is 1. The number of hydrogen-bond donors (Lipinski definition) is 1. The number of fused-ring (bicyclic) bond motifs is 1. The summed E-state index contributed by atoms with van der Waals surface area (Å²) < 4.78 is 39.1. The van der Waals surface area contributed by atoms with Crippen LogP contribution in [0.25, 0.3) is 0 Å². The summed E-state index contributed by atoms with van der Waals surface area (Å²) in [4.78, 5) is 15.7. The normalized spacial score (nSPS) is 14.6. The van der Waals surface area contributed by atoms with E-state index in [4.69, 9.17) is 14.6 Å². The Balaban J connectivity index is 0.000000321. The van der Waals surface area contributed by atoms with Gasteiger partial charge < -0.3 is 9.84 Å². The Labute approximate surface area is 154 Å². The molecule has 0 radical (unpaired) electrons. The zero-order chi connectivity index (χ0) is 20.0. The van der Waals surface area contributed by atoms with E-state index in [1.807, 2.05) is 30.1 Å². The lowest BCUT2D eigenvalue weighted by molar-refractivity contribution is -0.192. The minimum absolute atomic E-state index is 0.780. The van der Waals surface area contributed by atoms with Gasteiger partial charge in [-0.2, -0.15) is 13.2 Å². The molecule has 2 aromatic rings. The first-order chi connectivity index (χ1) is 12.7. The lowest BCUT2D eigenvalue weighted by atomic mass is 10.1. The summed E-state index contributed by atoms with van der Waals surface area (Å²) >= 11 is 0.